The fourth-order valence-electron chi connectivity index (χ4n) is 2.18. The average molecular weight is 242 g/mol. The number of hydrogen-bond acceptors (Lipinski definition) is 3. The summed E-state index contributed by atoms with van der Waals surface area (Å²) < 4.78 is 6.01. The fraction of sp³-hybridized carbons (Fsp3) is 1.00. The maximum absolute atomic E-state index is 6.01. The Morgan fingerprint density at radius 3 is 2.29 bits per heavy atom. The summed E-state index contributed by atoms with van der Waals surface area (Å²) in [6.07, 6.45) is 3.07. The Bertz CT molecular complexity index is 189. The van der Waals surface area contributed by atoms with Crippen LogP contribution in [0.4, 0.5) is 0 Å². The second kappa shape index (κ2) is 8.06. The Morgan fingerprint density at radius 2 is 1.76 bits per heavy atom. The SMILES string of the molecule is CC(C)NCC(OCCN1CCCC1)C(C)C. The number of rotatable bonds is 8. The molecule has 0 bridgehead atoms. The molecule has 17 heavy (non-hydrogen) atoms. The molecule has 0 aliphatic carbocycles. The van der Waals surface area contributed by atoms with Crippen LogP contribution in [-0.4, -0.2) is 49.8 Å². The first-order chi connectivity index (χ1) is 8.09. The summed E-state index contributed by atoms with van der Waals surface area (Å²) in [5.41, 5.74) is 0. The highest BCUT2D eigenvalue weighted by Gasteiger charge is 2.16. The van der Waals surface area contributed by atoms with Crippen molar-refractivity contribution in [2.45, 2.75) is 52.7 Å². The summed E-state index contributed by atoms with van der Waals surface area (Å²) in [6, 6.07) is 0.540. The molecule has 1 atom stereocenters. The van der Waals surface area contributed by atoms with E-state index in [2.05, 4.69) is 37.9 Å². The predicted molar refractivity (Wildman–Crippen MR) is 73.4 cm³/mol. The van der Waals surface area contributed by atoms with Gasteiger partial charge in [-0.25, -0.2) is 0 Å². The predicted octanol–water partition coefficient (Wildman–Crippen LogP) is 2.12. The van der Waals surface area contributed by atoms with Gasteiger partial charge in [0.1, 0.15) is 0 Å². The zero-order valence-corrected chi connectivity index (χ0v) is 12.0. The van der Waals surface area contributed by atoms with Crippen molar-refractivity contribution in [1.29, 1.82) is 0 Å². The minimum absolute atomic E-state index is 0.347. The van der Waals surface area contributed by atoms with Crippen molar-refractivity contribution in [3.63, 3.8) is 0 Å². The van der Waals surface area contributed by atoms with E-state index < -0.39 is 0 Å². The topological polar surface area (TPSA) is 24.5 Å². The molecule has 0 spiro atoms. The molecular weight excluding hydrogens is 212 g/mol. The lowest BCUT2D eigenvalue weighted by Crippen LogP contribution is -2.38. The lowest BCUT2D eigenvalue weighted by Gasteiger charge is -2.24. The Labute approximate surface area is 107 Å². The van der Waals surface area contributed by atoms with Crippen LogP contribution in [-0.2, 0) is 4.74 Å². The maximum atomic E-state index is 6.01. The molecule has 1 fully saturated rings. The molecule has 0 aromatic carbocycles. The minimum Gasteiger partial charge on any atom is -0.375 e. The van der Waals surface area contributed by atoms with Crippen molar-refractivity contribution >= 4 is 0 Å². The van der Waals surface area contributed by atoms with Crippen molar-refractivity contribution in [3.05, 3.63) is 0 Å². The van der Waals surface area contributed by atoms with Crippen LogP contribution < -0.4 is 5.32 Å². The van der Waals surface area contributed by atoms with Gasteiger partial charge in [0.2, 0.25) is 0 Å². The summed E-state index contributed by atoms with van der Waals surface area (Å²) in [5, 5.41) is 3.47. The minimum atomic E-state index is 0.347. The molecule has 1 saturated heterocycles. The first-order valence-corrected chi connectivity index (χ1v) is 7.17. The molecule has 1 N–H and O–H groups in total. The van der Waals surface area contributed by atoms with Crippen molar-refractivity contribution in [3.8, 4) is 0 Å². The van der Waals surface area contributed by atoms with Crippen molar-refractivity contribution in [1.82, 2.24) is 10.2 Å². The van der Waals surface area contributed by atoms with Crippen LogP contribution in [0.2, 0.25) is 0 Å². The lowest BCUT2D eigenvalue weighted by molar-refractivity contribution is 0.0126. The van der Waals surface area contributed by atoms with Crippen LogP contribution in [0.1, 0.15) is 40.5 Å². The zero-order valence-electron chi connectivity index (χ0n) is 12.0. The molecule has 1 heterocycles. The third kappa shape index (κ3) is 6.39. The zero-order chi connectivity index (χ0) is 12.7. The molecule has 1 aliphatic rings. The first kappa shape index (κ1) is 14.9. The van der Waals surface area contributed by atoms with E-state index in [0.717, 1.165) is 19.7 Å². The largest absolute Gasteiger partial charge is 0.375 e. The van der Waals surface area contributed by atoms with E-state index in [9.17, 15) is 0 Å². The average Bonchev–Trinajstić information content (AvgIpc) is 2.74. The van der Waals surface area contributed by atoms with E-state index in [1.807, 2.05) is 0 Å². The van der Waals surface area contributed by atoms with E-state index in [4.69, 9.17) is 4.74 Å². The van der Waals surface area contributed by atoms with Crippen LogP contribution in [0.25, 0.3) is 0 Å². The van der Waals surface area contributed by atoms with E-state index >= 15 is 0 Å². The third-order valence-electron chi connectivity index (χ3n) is 3.41. The summed E-state index contributed by atoms with van der Waals surface area (Å²) in [6.45, 7) is 14.3. The maximum Gasteiger partial charge on any atom is 0.0723 e. The van der Waals surface area contributed by atoms with Gasteiger partial charge in [-0.15, -0.1) is 0 Å². The van der Waals surface area contributed by atoms with Crippen molar-refractivity contribution in [2.24, 2.45) is 5.92 Å². The number of ether oxygens (including phenoxy) is 1. The van der Waals surface area contributed by atoms with Gasteiger partial charge in [0.25, 0.3) is 0 Å². The fourth-order valence-corrected chi connectivity index (χ4v) is 2.18. The second-order valence-corrected chi connectivity index (χ2v) is 5.76. The van der Waals surface area contributed by atoms with Crippen LogP contribution in [0.3, 0.4) is 0 Å². The molecule has 0 aromatic heterocycles. The Hall–Kier alpha value is -0.120. The Balaban J connectivity index is 2.14. The van der Waals surface area contributed by atoms with Gasteiger partial charge in [0.15, 0.2) is 0 Å². The summed E-state index contributed by atoms with van der Waals surface area (Å²) >= 11 is 0. The number of hydrogen-bond donors (Lipinski definition) is 1. The second-order valence-electron chi connectivity index (χ2n) is 5.76. The molecule has 0 saturated carbocycles. The Kier molecular flexibility index (Phi) is 7.09. The van der Waals surface area contributed by atoms with Crippen molar-refractivity contribution < 1.29 is 4.74 Å². The molecular formula is C14H30N2O. The highest BCUT2D eigenvalue weighted by molar-refractivity contribution is 4.69. The van der Waals surface area contributed by atoms with Gasteiger partial charge < -0.3 is 15.0 Å². The Morgan fingerprint density at radius 1 is 1.12 bits per heavy atom. The summed E-state index contributed by atoms with van der Waals surface area (Å²) in [5.74, 6) is 0.583. The number of nitrogens with zero attached hydrogens (tertiary/aromatic N) is 1. The molecule has 3 heteroatoms. The highest BCUT2D eigenvalue weighted by atomic mass is 16.5. The van der Waals surface area contributed by atoms with Gasteiger partial charge in [-0.3, -0.25) is 0 Å². The van der Waals surface area contributed by atoms with Gasteiger partial charge in [-0.1, -0.05) is 27.7 Å². The molecule has 0 amide bonds. The third-order valence-corrected chi connectivity index (χ3v) is 3.41. The molecule has 3 nitrogen and oxygen atoms in total. The lowest BCUT2D eigenvalue weighted by atomic mass is 10.1. The smallest absolute Gasteiger partial charge is 0.0723 e. The molecule has 0 radical (unpaired) electrons. The quantitative estimate of drug-likeness (QED) is 0.705. The normalized spacial score (nSPS) is 19.4. The molecule has 102 valence electrons. The van der Waals surface area contributed by atoms with E-state index in [-0.39, 0.29) is 0 Å². The summed E-state index contributed by atoms with van der Waals surface area (Å²) in [7, 11) is 0. The summed E-state index contributed by atoms with van der Waals surface area (Å²) in [4.78, 5) is 2.51. The standard InChI is InChI=1S/C14H30N2O/c1-12(2)14(11-15-13(3)4)17-10-9-16-7-5-6-8-16/h12-15H,5-11H2,1-4H3. The van der Waals surface area contributed by atoms with Gasteiger partial charge in [0.05, 0.1) is 12.7 Å². The van der Waals surface area contributed by atoms with Gasteiger partial charge in [-0.2, -0.15) is 0 Å². The molecule has 0 aromatic rings. The van der Waals surface area contributed by atoms with Crippen LogP contribution >= 0.6 is 0 Å². The highest BCUT2D eigenvalue weighted by Crippen LogP contribution is 2.09. The van der Waals surface area contributed by atoms with Crippen LogP contribution in [0, 0.1) is 5.92 Å². The number of likely N-dealkylation sites (tertiary alicyclic amines) is 1. The van der Waals surface area contributed by atoms with Crippen LogP contribution in [0.5, 0.6) is 0 Å². The van der Waals surface area contributed by atoms with Gasteiger partial charge >= 0.3 is 0 Å². The van der Waals surface area contributed by atoms with E-state index in [0.29, 0.717) is 18.1 Å². The van der Waals surface area contributed by atoms with E-state index in [1.165, 1.54) is 25.9 Å². The van der Waals surface area contributed by atoms with Gasteiger partial charge in [0, 0.05) is 19.1 Å². The van der Waals surface area contributed by atoms with Gasteiger partial charge in [-0.05, 0) is 31.8 Å². The van der Waals surface area contributed by atoms with Crippen molar-refractivity contribution in [2.75, 3.05) is 32.8 Å². The van der Waals surface area contributed by atoms with Crippen LogP contribution in [0.15, 0.2) is 0 Å². The monoisotopic (exact) mass is 242 g/mol. The molecule has 1 aliphatic heterocycles. The first-order valence-electron chi connectivity index (χ1n) is 7.17. The number of nitrogens with one attached hydrogen (secondary N) is 1. The molecule has 1 rings (SSSR count). The van der Waals surface area contributed by atoms with E-state index in [1.54, 1.807) is 0 Å². The molecule has 1 unspecified atom stereocenters.